The zero-order valence-electron chi connectivity index (χ0n) is 29.9. The Morgan fingerprint density at radius 2 is 0.981 bits per heavy atom. The van der Waals surface area contributed by atoms with E-state index in [9.17, 15) is 0 Å². The van der Waals surface area contributed by atoms with Gasteiger partial charge in [0, 0.05) is 11.3 Å². The second-order valence-electron chi connectivity index (χ2n) is 14.3. The zero-order valence-corrected chi connectivity index (χ0v) is 29.9. The first-order chi connectivity index (χ1) is 26.3. The van der Waals surface area contributed by atoms with Crippen LogP contribution in [0.1, 0.15) is 65.1 Å². The van der Waals surface area contributed by atoms with Gasteiger partial charge in [-0.25, -0.2) is 0 Å². The maximum absolute atomic E-state index is 5.61. The number of benzene rings is 7. The van der Waals surface area contributed by atoms with Crippen LogP contribution in [0.4, 0.5) is 0 Å². The summed E-state index contributed by atoms with van der Waals surface area (Å²) in [5.74, 6) is 0. The molecule has 0 fully saturated rings. The van der Waals surface area contributed by atoms with Gasteiger partial charge in [0.15, 0.2) is 0 Å². The van der Waals surface area contributed by atoms with Crippen LogP contribution in [-0.4, -0.2) is 5.71 Å². The minimum Gasteiger partial charge on any atom is -0.252 e. The minimum absolute atomic E-state index is 0.356. The van der Waals surface area contributed by atoms with E-state index in [1.807, 2.05) is 0 Å². The van der Waals surface area contributed by atoms with E-state index in [4.69, 9.17) is 4.99 Å². The van der Waals surface area contributed by atoms with Gasteiger partial charge in [-0.15, -0.1) is 0 Å². The molecule has 10 rings (SSSR count). The van der Waals surface area contributed by atoms with Crippen molar-refractivity contribution in [3.05, 3.63) is 227 Å². The molecule has 0 N–H and O–H groups in total. The Bertz CT molecular complexity index is 2590. The average Bonchev–Trinajstić information content (AvgIpc) is 3.69. The molecule has 1 heterocycles. The van der Waals surface area contributed by atoms with Crippen LogP contribution in [0.3, 0.4) is 0 Å². The number of hydrogen-bond donors (Lipinski definition) is 0. The van der Waals surface area contributed by atoms with Crippen molar-refractivity contribution in [1.82, 2.24) is 0 Å². The van der Waals surface area contributed by atoms with Crippen LogP contribution in [0.2, 0.25) is 0 Å². The van der Waals surface area contributed by atoms with E-state index < -0.39 is 0 Å². The van der Waals surface area contributed by atoms with Crippen molar-refractivity contribution in [2.24, 2.45) is 4.99 Å². The molecule has 0 bridgehead atoms. The minimum atomic E-state index is -0.356. The standard InChI is InChI=1S/C52H39N/c1-2-39-40(35-18-5-3-6-19-35)27-17-33-49(53-51(39)36-20-7-4-8-21-36)38-23-15-22-37(34-38)41-28-16-32-48-50(41)44-26-11-14-31-47(44)52(48)45-29-12-9-24-42(45)43-25-10-13-30-46(43)52/h3-16,18-32,34H,2,17,33H2,1H3/b40-27-,51-39-,53-49+. The quantitative estimate of drug-likeness (QED) is 0.172. The Balaban J connectivity index is 1.15. The monoisotopic (exact) mass is 677 g/mol. The van der Waals surface area contributed by atoms with E-state index >= 15 is 0 Å². The molecule has 2 aliphatic carbocycles. The summed E-state index contributed by atoms with van der Waals surface area (Å²) in [6.07, 6.45) is 5.12. The highest BCUT2D eigenvalue weighted by molar-refractivity contribution is 6.07. The van der Waals surface area contributed by atoms with E-state index in [-0.39, 0.29) is 5.41 Å². The molecule has 53 heavy (non-hydrogen) atoms. The van der Waals surface area contributed by atoms with E-state index in [0.29, 0.717) is 0 Å². The van der Waals surface area contributed by atoms with Crippen LogP contribution in [0.25, 0.3) is 44.7 Å². The molecule has 1 spiro atoms. The number of fused-ring (bicyclic) bond motifs is 10. The summed E-state index contributed by atoms with van der Waals surface area (Å²) < 4.78 is 0. The smallest absolute Gasteiger partial charge is 0.0743 e. The molecule has 7 aromatic carbocycles. The SMILES string of the molecule is CCC1=C(c2ccccc2)/N=C(/c2cccc(-c3cccc4c3-c3ccccc3C43c4ccccc4-c4ccccc43)c2)CC/C=C\1c1ccccc1. The van der Waals surface area contributed by atoms with Gasteiger partial charge in [0.2, 0.25) is 0 Å². The lowest BCUT2D eigenvalue weighted by atomic mass is 9.70. The second-order valence-corrected chi connectivity index (χ2v) is 14.3. The van der Waals surface area contributed by atoms with E-state index in [1.165, 1.54) is 77.9 Å². The van der Waals surface area contributed by atoms with Gasteiger partial charge in [-0.3, -0.25) is 4.99 Å². The lowest BCUT2D eigenvalue weighted by Crippen LogP contribution is -2.25. The van der Waals surface area contributed by atoms with Crippen LogP contribution in [0.15, 0.2) is 193 Å². The fourth-order valence-corrected chi connectivity index (χ4v) is 9.42. The molecule has 1 nitrogen and oxygen atoms in total. The van der Waals surface area contributed by atoms with E-state index in [2.05, 4.69) is 189 Å². The lowest BCUT2D eigenvalue weighted by molar-refractivity contribution is 0.794. The van der Waals surface area contributed by atoms with Crippen molar-refractivity contribution in [2.75, 3.05) is 0 Å². The molecule has 0 unspecified atom stereocenters. The number of nitrogens with zero attached hydrogens (tertiary/aromatic N) is 1. The fraction of sp³-hybridized carbons (Fsp3) is 0.0962. The van der Waals surface area contributed by atoms with Crippen molar-refractivity contribution < 1.29 is 0 Å². The first kappa shape index (κ1) is 31.4. The third kappa shape index (κ3) is 4.81. The van der Waals surface area contributed by atoms with Crippen LogP contribution >= 0.6 is 0 Å². The number of aliphatic imine (C=N–C) groups is 1. The highest BCUT2D eigenvalue weighted by Crippen LogP contribution is 2.63. The van der Waals surface area contributed by atoms with Crippen molar-refractivity contribution in [2.45, 2.75) is 31.6 Å². The van der Waals surface area contributed by atoms with Crippen LogP contribution in [-0.2, 0) is 5.41 Å². The third-order valence-corrected chi connectivity index (χ3v) is 11.6. The Kier molecular flexibility index (Phi) is 7.54. The first-order valence-electron chi connectivity index (χ1n) is 18.9. The molecule has 0 saturated heterocycles. The summed E-state index contributed by atoms with van der Waals surface area (Å²) in [7, 11) is 0. The zero-order chi connectivity index (χ0) is 35.4. The predicted octanol–water partition coefficient (Wildman–Crippen LogP) is 13.2. The molecule has 0 amide bonds. The highest BCUT2D eigenvalue weighted by atomic mass is 14.8. The normalized spacial score (nSPS) is 18.4. The highest BCUT2D eigenvalue weighted by Gasteiger charge is 2.51. The van der Waals surface area contributed by atoms with Gasteiger partial charge in [-0.1, -0.05) is 183 Å². The van der Waals surface area contributed by atoms with Crippen LogP contribution in [0.5, 0.6) is 0 Å². The molecule has 0 saturated carbocycles. The summed E-state index contributed by atoms with van der Waals surface area (Å²) in [5, 5.41) is 0. The van der Waals surface area contributed by atoms with Gasteiger partial charge >= 0.3 is 0 Å². The number of hydrogen-bond acceptors (Lipinski definition) is 1. The van der Waals surface area contributed by atoms with Gasteiger partial charge in [0.05, 0.1) is 11.1 Å². The van der Waals surface area contributed by atoms with Crippen LogP contribution < -0.4 is 0 Å². The third-order valence-electron chi connectivity index (χ3n) is 11.6. The van der Waals surface area contributed by atoms with Crippen molar-refractivity contribution >= 4 is 17.0 Å². The average molecular weight is 678 g/mol. The van der Waals surface area contributed by atoms with Crippen molar-refractivity contribution in [3.8, 4) is 33.4 Å². The molecule has 7 aromatic rings. The summed E-state index contributed by atoms with van der Waals surface area (Å²) in [6, 6.07) is 64.8. The molecule has 252 valence electrons. The number of rotatable bonds is 5. The topological polar surface area (TPSA) is 12.4 Å². The molecule has 3 aliphatic rings. The maximum Gasteiger partial charge on any atom is 0.0743 e. The Morgan fingerprint density at radius 3 is 1.66 bits per heavy atom. The van der Waals surface area contributed by atoms with Gasteiger partial charge in [-0.05, 0) is 103 Å². The summed E-state index contributed by atoms with van der Waals surface area (Å²) in [6.45, 7) is 2.26. The van der Waals surface area contributed by atoms with Crippen LogP contribution in [0, 0.1) is 0 Å². The lowest BCUT2D eigenvalue weighted by Gasteiger charge is -2.30. The van der Waals surface area contributed by atoms with Crippen molar-refractivity contribution in [3.63, 3.8) is 0 Å². The fourth-order valence-electron chi connectivity index (χ4n) is 9.42. The molecular formula is C52H39N. The molecule has 0 radical (unpaired) electrons. The van der Waals surface area contributed by atoms with Gasteiger partial charge < -0.3 is 0 Å². The Labute approximate surface area is 312 Å². The molecule has 0 atom stereocenters. The van der Waals surface area contributed by atoms with E-state index in [0.717, 1.165) is 36.2 Å². The second kappa shape index (κ2) is 12.7. The predicted molar refractivity (Wildman–Crippen MR) is 222 cm³/mol. The van der Waals surface area contributed by atoms with Gasteiger partial charge in [0.1, 0.15) is 0 Å². The van der Waals surface area contributed by atoms with Gasteiger partial charge in [0.25, 0.3) is 0 Å². The largest absolute Gasteiger partial charge is 0.252 e. The Morgan fingerprint density at radius 1 is 0.472 bits per heavy atom. The molecule has 1 heteroatoms. The first-order valence-corrected chi connectivity index (χ1v) is 18.9. The molecular weight excluding hydrogens is 639 g/mol. The number of allylic oxidation sites excluding steroid dienone is 3. The van der Waals surface area contributed by atoms with Gasteiger partial charge in [-0.2, -0.15) is 0 Å². The molecule has 0 aromatic heterocycles. The summed E-state index contributed by atoms with van der Waals surface area (Å²) in [5.41, 5.74) is 21.3. The molecule has 1 aliphatic heterocycles. The summed E-state index contributed by atoms with van der Waals surface area (Å²) >= 11 is 0. The maximum atomic E-state index is 5.61. The van der Waals surface area contributed by atoms with E-state index in [1.54, 1.807) is 0 Å². The summed E-state index contributed by atoms with van der Waals surface area (Å²) in [4.78, 5) is 5.61. The van der Waals surface area contributed by atoms with Crippen molar-refractivity contribution in [1.29, 1.82) is 0 Å². The Hall–Kier alpha value is -6.31.